The van der Waals surface area contributed by atoms with Crippen molar-refractivity contribution in [2.45, 2.75) is 18.7 Å². The predicted molar refractivity (Wildman–Crippen MR) is 115 cm³/mol. The van der Waals surface area contributed by atoms with Crippen molar-refractivity contribution in [1.29, 1.82) is 0 Å². The molecule has 168 valence electrons. The van der Waals surface area contributed by atoms with E-state index in [9.17, 15) is 27.9 Å². The quantitative estimate of drug-likeness (QED) is 0.477. The topological polar surface area (TPSA) is 92.4 Å². The van der Waals surface area contributed by atoms with Crippen molar-refractivity contribution in [3.63, 3.8) is 0 Å². The van der Waals surface area contributed by atoms with Crippen molar-refractivity contribution in [1.82, 2.24) is 5.16 Å². The standard InChI is InChI=1S/C24H17F3N2O4/c1-14-20-13-18(11-12-19(20)21(30)33-29-14)28-22(31)23(32,15-5-3-2-4-6-15)16-7-9-17(10-8-16)24(25,26)27/h2-13,32H,1H3,(H,28,31). The minimum Gasteiger partial charge on any atom is -0.372 e. The Morgan fingerprint density at radius 3 is 2.15 bits per heavy atom. The molecule has 9 heteroatoms. The minimum absolute atomic E-state index is 0.0431. The van der Waals surface area contributed by atoms with E-state index >= 15 is 0 Å². The van der Waals surface area contributed by atoms with Crippen molar-refractivity contribution in [2.24, 2.45) is 0 Å². The minimum atomic E-state index is -4.56. The number of nitrogens with zero attached hydrogens (tertiary/aromatic N) is 1. The van der Waals surface area contributed by atoms with E-state index in [0.29, 0.717) is 11.1 Å². The fourth-order valence-corrected chi connectivity index (χ4v) is 3.54. The summed E-state index contributed by atoms with van der Waals surface area (Å²) >= 11 is 0. The number of hydrogen-bond donors (Lipinski definition) is 2. The third kappa shape index (κ3) is 4.10. The Hall–Kier alpha value is -3.98. The van der Waals surface area contributed by atoms with Gasteiger partial charge >= 0.3 is 11.8 Å². The Kier molecular flexibility index (Phi) is 5.51. The molecule has 0 saturated heterocycles. The van der Waals surface area contributed by atoms with Crippen LogP contribution >= 0.6 is 0 Å². The molecule has 0 fully saturated rings. The van der Waals surface area contributed by atoms with Crippen molar-refractivity contribution in [3.05, 3.63) is 106 Å². The first-order chi connectivity index (χ1) is 15.6. The van der Waals surface area contributed by atoms with Gasteiger partial charge in [-0.2, -0.15) is 13.2 Å². The van der Waals surface area contributed by atoms with Gasteiger partial charge in [0.15, 0.2) is 5.60 Å². The molecule has 0 saturated carbocycles. The van der Waals surface area contributed by atoms with Gasteiger partial charge in [0.25, 0.3) is 5.91 Å². The van der Waals surface area contributed by atoms with Gasteiger partial charge in [0, 0.05) is 11.1 Å². The SMILES string of the molecule is Cc1noc(=O)c2ccc(NC(=O)C(O)(c3ccccc3)c3ccc(C(F)(F)F)cc3)cc12. The van der Waals surface area contributed by atoms with Crippen LogP contribution in [-0.2, 0) is 16.6 Å². The van der Waals surface area contributed by atoms with Crippen molar-refractivity contribution in [3.8, 4) is 0 Å². The van der Waals surface area contributed by atoms with Crippen LogP contribution in [0.1, 0.15) is 22.4 Å². The Bertz CT molecular complexity index is 1380. The lowest BCUT2D eigenvalue weighted by Crippen LogP contribution is -2.41. The normalized spacial score (nSPS) is 13.5. The van der Waals surface area contributed by atoms with Crippen LogP contribution in [0.15, 0.2) is 82.1 Å². The molecular weight excluding hydrogens is 437 g/mol. The second-order valence-electron chi connectivity index (χ2n) is 7.42. The maximum atomic E-state index is 13.3. The molecule has 0 bridgehead atoms. The molecule has 0 aliphatic heterocycles. The van der Waals surface area contributed by atoms with Gasteiger partial charge in [0.05, 0.1) is 16.6 Å². The molecule has 1 unspecified atom stereocenters. The maximum Gasteiger partial charge on any atom is 0.416 e. The number of amides is 1. The van der Waals surface area contributed by atoms with Crippen LogP contribution in [0.4, 0.5) is 18.9 Å². The zero-order chi connectivity index (χ0) is 23.8. The van der Waals surface area contributed by atoms with E-state index in [1.807, 2.05) is 0 Å². The highest BCUT2D eigenvalue weighted by Crippen LogP contribution is 2.35. The first-order valence-electron chi connectivity index (χ1n) is 9.78. The number of halogens is 3. The molecule has 4 rings (SSSR count). The molecule has 2 N–H and O–H groups in total. The summed E-state index contributed by atoms with van der Waals surface area (Å²) in [4.78, 5) is 25.2. The molecule has 0 aliphatic carbocycles. The van der Waals surface area contributed by atoms with E-state index in [4.69, 9.17) is 0 Å². The van der Waals surface area contributed by atoms with Gasteiger partial charge < -0.3 is 14.9 Å². The number of carbonyl (C=O) groups excluding carboxylic acids is 1. The molecular formula is C24H17F3N2O4. The lowest BCUT2D eigenvalue weighted by molar-refractivity contribution is -0.137. The number of rotatable bonds is 4. The predicted octanol–water partition coefficient (Wildman–Crippen LogP) is 4.39. The number of fused-ring (bicyclic) bond motifs is 1. The number of alkyl halides is 3. The Balaban J connectivity index is 1.77. The summed E-state index contributed by atoms with van der Waals surface area (Å²) < 4.78 is 43.7. The summed E-state index contributed by atoms with van der Waals surface area (Å²) in [5.41, 5.74) is -3.04. The molecule has 0 aliphatic rings. The van der Waals surface area contributed by atoms with E-state index < -0.39 is 28.9 Å². The summed E-state index contributed by atoms with van der Waals surface area (Å²) in [7, 11) is 0. The lowest BCUT2D eigenvalue weighted by Gasteiger charge is -2.28. The van der Waals surface area contributed by atoms with Crippen LogP contribution in [0, 0.1) is 6.92 Å². The molecule has 4 aromatic rings. The number of nitrogens with one attached hydrogen (secondary N) is 1. The largest absolute Gasteiger partial charge is 0.416 e. The molecule has 3 aromatic carbocycles. The zero-order valence-corrected chi connectivity index (χ0v) is 17.2. The second kappa shape index (κ2) is 8.18. The van der Waals surface area contributed by atoms with Crippen LogP contribution in [0.2, 0.25) is 0 Å². The van der Waals surface area contributed by atoms with Crippen LogP contribution in [0.3, 0.4) is 0 Å². The molecule has 0 radical (unpaired) electrons. The molecule has 0 spiro atoms. The lowest BCUT2D eigenvalue weighted by atomic mass is 9.85. The summed E-state index contributed by atoms with van der Waals surface area (Å²) in [6.07, 6.45) is -4.56. The molecule has 1 heterocycles. The number of aryl methyl sites for hydroxylation is 1. The number of benzene rings is 3. The van der Waals surface area contributed by atoms with Crippen molar-refractivity contribution in [2.75, 3.05) is 5.32 Å². The Labute approximate surface area is 185 Å². The maximum absolute atomic E-state index is 13.3. The zero-order valence-electron chi connectivity index (χ0n) is 17.2. The van der Waals surface area contributed by atoms with Gasteiger partial charge in [-0.25, -0.2) is 4.79 Å². The van der Waals surface area contributed by atoms with Gasteiger partial charge in [-0.05, 0) is 48.4 Å². The highest BCUT2D eigenvalue weighted by atomic mass is 19.4. The molecule has 33 heavy (non-hydrogen) atoms. The summed E-state index contributed by atoms with van der Waals surface area (Å²) in [6.45, 7) is 1.62. The number of aromatic nitrogens is 1. The number of carbonyl (C=O) groups is 1. The van der Waals surface area contributed by atoms with E-state index in [1.54, 1.807) is 25.1 Å². The van der Waals surface area contributed by atoms with Crippen LogP contribution < -0.4 is 10.9 Å². The number of anilines is 1. The molecule has 1 atom stereocenters. The third-order valence-corrected chi connectivity index (χ3v) is 5.30. The van der Waals surface area contributed by atoms with Gasteiger partial charge in [-0.15, -0.1) is 0 Å². The van der Waals surface area contributed by atoms with E-state index in [1.165, 1.54) is 30.3 Å². The fourth-order valence-electron chi connectivity index (χ4n) is 3.54. The number of aliphatic hydroxyl groups is 1. The van der Waals surface area contributed by atoms with Gasteiger partial charge in [0.2, 0.25) is 0 Å². The smallest absolute Gasteiger partial charge is 0.372 e. The number of hydrogen-bond acceptors (Lipinski definition) is 5. The highest BCUT2D eigenvalue weighted by Gasteiger charge is 2.41. The third-order valence-electron chi connectivity index (χ3n) is 5.30. The fraction of sp³-hybridized carbons (Fsp3) is 0.125. The summed E-state index contributed by atoms with van der Waals surface area (Å²) in [5, 5.41) is 18.5. The molecule has 1 aromatic heterocycles. The first kappa shape index (κ1) is 22.2. The second-order valence-corrected chi connectivity index (χ2v) is 7.42. The average Bonchev–Trinajstić information content (AvgIpc) is 2.81. The van der Waals surface area contributed by atoms with Gasteiger partial charge in [-0.3, -0.25) is 4.79 Å². The summed E-state index contributed by atoms with van der Waals surface area (Å²) in [6, 6.07) is 16.0. The Morgan fingerprint density at radius 1 is 0.909 bits per heavy atom. The van der Waals surface area contributed by atoms with Crippen LogP contribution in [0.5, 0.6) is 0 Å². The highest BCUT2D eigenvalue weighted by molar-refractivity contribution is 6.01. The van der Waals surface area contributed by atoms with Crippen molar-refractivity contribution >= 4 is 22.4 Å². The van der Waals surface area contributed by atoms with E-state index in [0.717, 1.165) is 24.3 Å². The van der Waals surface area contributed by atoms with Gasteiger partial charge in [0.1, 0.15) is 0 Å². The van der Waals surface area contributed by atoms with Crippen LogP contribution in [-0.4, -0.2) is 16.2 Å². The monoisotopic (exact) mass is 454 g/mol. The summed E-state index contributed by atoms with van der Waals surface area (Å²) in [5.74, 6) is -0.888. The van der Waals surface area contributed by atoms with Crippen LogP contribution in [0.25, 0.3) is 10.8 Å². The Morgan fingerprint density at radius 2 is 1.52 bits per heavy atom. The first-order valence-corrected chi connectivity index (χ1v) is 9.78. The van der Waals surface area contributed by atoms with Gasteiger partial charge in [-0.1, -0.05) is 47.6 Å². The van der Waals surface area contributed by atoms with E-state index in [-0.39, 0.29) is 22.2 Å². The average molecular weight is 454 g/mol. The molecule has 6 nitrogen and oxygen atoms in total. The van der Waals surface area contributed by atoms with E-state index in [2.05, 4.69) is 15.0 Å². The molecule has 1 amide bonds. The van der Waals surface area contributed by atoms with Crippen molar-refractivity contribution < 1.29 is 27.6 Å².